The monoisotopic (exact) mass is 262 g/mol. The lowest BCUT2D eigenvalue weighted by atomic mass is 10.3. The predicted molar refractivity (Wildman–Crippen MR) is 72.4 cm³/mol. The van der Waals surface area contributed by atoms with Crippen LogP contribution in [0.2, 0.25) is 0 Å². The van der Waals surface area contributed by atoms with Gasteiger partial charge in [-0.25, -0.2) is 15.8 Å². The maximum atomic E-state index is 5.40. The zero-order chi connectivity index (χ0) is 13.7. The molecule has 2 heterocycles. The summed E-state index contributed by atoms with van der Waals surface area (Å²) >= 11 is 0. The zero-order valence-corrected chi connectivity index (χ0v) is 11.1. The molecule has 4 N–H and O–H groups in total. The van der Waals surface area contributed by atoms with E-state index < -0.39 is 0 Å². The highest BCUT2D eigenvalue weighted by molar-refractivity contribution is 5.47. The molecule has 0 saturated carbocycles. The lowest BCUT2D eigenvalue weighted by Gasteiger charge is -2.08. The third kappa shape index (κ3) is 3.65. The standard InChI is InChI=1S/C12H18N6O/c1-3-4-10-15-11(6-12(16-10)17-13)14-7-9-5-8(2)19-18-9/h5-6H,3-4,7,13H2,1-2H3,(H2,14,15,16,17). The van der Waals surface area contributed by atoms with Crippen molar-refractivity contribution in [2.24, 2.45) is 5.84 Å². The lowest BCUT2D eigenvalue weighted by Crippen LogP contribution is -2.12. The molecular formula is C12H18N6O. The van der Waals surface area contributed by atoms with Crippen molar-refractivity contribution in [2.45, 2.75) is 33.2 Å². The fourth-order valence-electron chi connectivity index (χ4n) is 1.68. The molecule has 7 heteroatoms. The van der Waals surface area contributed by atoms with Crippen molar-refractivity contribution in [3.63, 3.8) is 0 Å². The summed E-state index contributed by atoms with van der Waals surface area (Å²) in [6.07, 6.45) is 1.79. The van der Waals surface area contributed by atoms with E-state index in [1.54, 1.807) is 6.07 Å². The van der Waals surface area contributed by atoms with Gasteiger partial charge in [0.1, 0.15) is 28.9 Å². The van der Waals surface area contributed by atoms with E-state index in [0.29, 0.717) is 18.2 Å². The molecule has 0 radical (unpaired) electrons. The number of hydrazine groups is 1. The molecule has 19 heavy (non-hydrogen) atoms. The Morgan fingerprint density at radius 3 is 2.68 bits per heavy atom. The topological polar surface area (TPSA) is 102 Å². The van der Waals surface area contributed by atoms with Crippen LogP contribution >= 0.6 is 0 Å². The summed E-state index contributed by atoms with van der Waals surface area (Å²) in [5.74, 6) is 8.26. The first-order valence-electron chi connectivity index (χ1n) is 6.22. The molecule has 0 bridgehead atoms. The summed E-state index contributed by atoms with van der Waals surface area (Å²) in [5, 5.41) is 7.09. The molecule has 2 rings (SSSR count). The molecule has 0 fully saturated rings. The van der Waals surface area contributed by atoms with Gasteiger partial charge in [-0.3, -0.25) is 0 Å². The molecule has 0 aromatic carbocycles. The molecule has 102 valence electrons. The van der Waals surface area contributed by atoms with Crippen LogP contribution in [-0.2, 0) is 13.0 Å². The van der Waals surface area contributed by atoms with E-state index in [4.69, 9.17) is 10.4 Å². The highest BCUT2D eigenvalue weighted by atomic mass is 16.5. The van der Waals surface area contributed by atoms with Gasteiger partial charge in [-0.05, 0) is 13.3 Å². The van der Waals surface area contributed by atoms with Crippen molar-refractivity contribution < 1.29 is 4.52 Å². The van der Waals surface area contributed by atoms with Gasteiger partial charge in [0.2, 0.25) is 0 Å². The first-order valence-corrected chi connectivity index (χ1v) is 6.22. The highest BCUT2D eigenvalue weighted by Crippen LogP contribution is 2.13. The Kier molecular flexibility index (Phi) is 4.30. The SMILES string of the molecule is CCCc1nc(NN)cc(NCc2cc(C)on2)n1. The van der Waals surface area contributed by atoms with E-state index in [-0.39, 0.29) is 0 Å². The summed E-state index contributed by atoms with van der Waals surface area (Å²) in [5.41, 5.74) is 3.37. The van der Waals surface area contributed by atoms with E-state index in [1.807, 2.05) is 13.0 Å². The third-order valence-corrected chi connectivity index (χ3v) is 2.52. The van der Waals surface area contributed by atoms with Crippen molar-refractivity contribution in [1.82, 2.24) is 15.1 Å². The Morgan fingerprint density at radius 2 is 2.05 bits per heavy atom. The summed E-state index contributed by atoms with van der Waals surface area (Å²) in [6, 6.07) is 3.63. The van der Waals surface area contributed by atoms with E-state index >= 15 is 0 Å². The molecule has 0 spiro atoms. The van der Waals surface area contributed by atoms with Crippen LogP contribution in [-0.4, -0.2) is 15.1 Å². The summed E-state index contributed by atoms with van der Waals surface area (Å²) in [4.78, 5) is 8.70. The van der Waals surface area contributed by atoms with Gasteiger partial charge in [-0.2, -0.15) is 0 Å². The van der Waals surface area contributed by atoms with Crippen molar-refractivity contribution in [1.29, 1.82) is 0 Å². The number of nitrogens with two attached hydrogens (primary N) is 1. The van der Waals surface area contributed by atoms with Gasteiger partial charge in [-0.15, -0.1) is 0 Å². The van der Waals surface area contributed by atoms with Crippen LogP contribution in [0.4, 0.5) is 11.6 Å². The zero-order valence-electron chi connectivity index (χ0n) is 11.1. The number of anilines is 2. The molecule has 0 aliphatic heterocycles. The molecule has 0 saturated heterocycles. The van der Waals surface area contributed by atoms with Crippen LogP contribution in [0.5, 0.6) is 0 Å². The third-order valence-electron chi connectivity index (χ3n) is 2.52. The Morgan fingerprint density at radius 1 is 1.26 bits per heavy atom. The van der Waals surface area contributed by atoms with E-state index in [9.17, 15) is 0 Å². The van der Waals surface area contributed by atoms with Crippen molar-refractivity contribution in [3.8, 4) is 0 Å². The normalized spacial score (nSPS) is 10.5. The Bertz CT molecular complexity index is 539. The van der Waals surface area contributed by atoms with E-state index in [0.717, 1.165) is 30.1 Å². The second-order valence-electron chi connectivity index (χ2n) is 4.23. The number of rotatable bonds is 6. The summed E-state index contributed by atoms with van der Waals surface area (Å²) in [6.45, 7) is 4.48. The molecular weight excluding hydrogens is 244 g/mol. The molecule has 0 atom stereocenters. The molecule has 0 amide bonds. The van der Waals surface area contributed by atoms with Crippen LogP contribution < -0.4 is 16.6 Å². The second kappa shape index (κ2) is 6.14. The first kappa shape index (κ1) is 13.3. The smallest absolute Gasteiger partial charge is 0.145 e. The molecule has 2 aromatic heterocycles. The Labute approximate surface area is 111 Å². The number of hydrogen-bond acceptors (Lipinski definition) is 7. The highest BCUT2D eigenvalue weighted by Gasteiger charge is 2.05. The fraction of sp³-hybridized carbons (Fsp3) is 0.417. The Hall–Kier alpha value is -2.15. The van der Waals surface area contributed by atoms with Crippen LogP contribution in [0.25, 0.3) is 0 Å². The maximum absolute atomic E-state index is 5.40. The van der Waals surface area contributed by atoms with Gasteiger partial charge in [-0.1, -0.05) is 12.1 Å². The molecule has 0 unspecified atom stereocenters. The number of aryl methyl sites for hydroxylation is 2. The number of nitrogen functional groups attached to an aromatic ring is 1. The van der Waals surface area contributed by atoms with Crippen molar-refractivity contribution >= 4 is 11.6 Å². The minimum Gasteiger partial charge on any atom is -0.364 e. The quantitative estimate of drug-likeness (QED) is 0.537. The largest absolute Gasteiger partial charge is 0.364 e. The maximum Gasteiger partial charge on any atom is 0.145 e. The molecule has 2 aromatic rings. The average molecular weight is 262 g/mol. The second-order valence-corrected chi connectivity index (χ2v) is 4.23. The van der Waals surface area contributed by atoms with Crippen LogP contribution in [0, 0.1) is 6.92 Å². The van der Waals surface area contributed by atoms with Crippen molar-refractivity contribution in [3.05, 3.63) is 29.4 Å². The molecule has 0 aliphatic carbocycles. The van der Waals surface area contributed by atoms with E-state index in [1.165, 1.54) is 0 Å². The number of nitrogens with zero attached hydrogens (tertiary/aromatic N) is 3. The van der Waals surface area contributed by atoms with Gasteiger partial charge >= 0.3 is 0 Å². The number of nitrogens with one attached hydrogen (secondary N) is 2. The Balaban J connectivity index is 2.08. The van der Waals surface area contributed by atoms with Crippen molar-refractivity contribution in [2.75, 3.05) is 10.7 Å². The number of hydrogen-bond donors (Lipinski definition) is 3. The van der Waals surface area contributed by atoms with Gasteiger partial charge in [0.15, 0.2) is 0 Å². The summed E-state index contributed by atoms with van der Waals surface area (Å²) < 4.78 is 5.01. The molecule has 0 aliphatic rings. The predicted octanol–water partition coefficient (Wildman–Crippen LogP) is 1.62. The van der Waals surface area contributed by atoms with Crippen LogP contribution in [0.1, 0.15) is 30.6 Å². The number of aromatic nitrogens is 3. The average Bonchev–Trinajstić information content (AvgIpc) is 2.82. The first-order chi connectivity index (χ1) is 9.21. The van der Waals surface area contributed by atoms with Gasteiger partial charge in [0.25, 0.3) is 0 Å². The lowest BCUT2D eigenvalue weighted by molar-refractivity contribution is 0.391. The van der Waals surface area contributed by atoms with Crippen LogP contribution in [0.15, 0.2) is 16.7 Å². The minimum atomic E-state index is 0.546. The fourth-order valence-corrected chi connectivity index (χ4v) is 1.68. The van der Waals surface area contributed by atoms with E-state index in [2.05, 4.69) is 32.8 Å². The van der Waals surface area contributed by atoms with Gasteiger partial charge < -0.3 is 15.3 Å². The molecule has 7 nitrogen and oxygen atoms in total. The van der Waals surface area contributed by atoms with Crippen LogP contribution in [0.3, 0.4) is 0 Å². The van der Waals surface area contributed by atoms with Gasteiger partial charge in [0, 0.05) is 18.6 Å². The minimum absolute atomic E-state index is 0.546. The van der Waals surface area contributed by atoms with Gasteiger partial charge in [0.05, 0.1) is 6.54 Å². The summed E-state index contributed by atoms with van der Waals surface area (Å²) in [7, 11) is 0.